The first-order valence-electron chi connectivity index (χ1n) is 14.2. The lowest BCUT2D eigenvalue weighted by molar-refractivity contribution is 0.0677. The van der Waals surface area contributed by atoms with Gasteiger partial charge in [0, 0.05) is 24.2 Å². The van der Waals surface area contributed by atoms with E-state index in [1.807, 2.05) is 0 Å². The predicted molar refractivity (Wildman–Crippen MR) is 162 cm³/mol. The van der Waals surface area contributed by atoms with Gasteiger partial charge in [0.2, 0.25) is 0 Å². The third kappa shape index (κ3) is 12.3. The quantitative estimate of drug-likeness (QED) is 0.193. The first-order valence-corrected chi connectivity index (χ1v) is 17.0. The van der Waals surface area contributed by atoms with Crippen LogP contribution in [0.3, 0.4) is 0 Å². The molecule has 10 N–H and O–H groups in total. The van der Waals surface area contributed by atoms with Crippen LogP contribution in [0.5, 0.6) is 0 Å². The van der Waals surface area contributed by atoms with E-state index in [2.05, 4.69) is 5.32 Å². The number of carboxylic acids is 3. The molecule has 0 atom stereocenters. The summed E-state index contributed by atoms with van der Waals surface area (Å²) in [6, 6.07) is 5.84. The Balaban J connectivity index is 0.000000275. The molecule has 0 aliphatic heterocycles. The van der Waals surface area contributed by atoms with E-state index in [0.717, 1.165) is 62.8 Å². The maximum atomic E-state index is 12.2. The van der Waals surface area contributed by atoms with E-state index < -0.39 is 65.0 Å². The molecule has 0 heterocycles. The van der Waals surface area contributed by atoms with Gasteiger partial charge in [-0.3, -0.25) is 4.79 Å². The fourth-order valence-corrected chi connectivity index (χ4v) is 6.16. The molecule has 2 saturated carbocycles. The highest BCUT2D eigenvalue weighted by Crippen LogP contribution is 2.21. The number of hydrogen-bond donors (Lipinski definition) is 7. The smallest absolute Gasteiger partial charge is 0.336 e. The molecular formula is C28H36N4O13S2-2. The number of aromatic carboxylic acids is 3. The predicted octanol–water partition coefficient (Wildman–Crippen LogP) is 0.491. The first kappa shape index (κ1) is 39.2. The molecule has 2 aromatic carbocycles. The topological polar surface area (TPSA) is 333 Å². The van der Waals surface area contributed by atoms with Gasteiger partial charge >= 0.3 is 17.9 Å². The molecule has 0 unspecified atom stereocenters. The van der Waals surface area contributed by atoms with Crippen LogP contribution in [-0.4, -0.2) is 89.2 Å². The Morgan fingerprint density at radius 3 is 1.28 bits per heavy atom. The molecule has 2 aliphatic rings. The van der Waals surface area contributed by atoms with Crippen molar-refractivity contribution in [2.24, 2.45) is 17.2 Å². The highest BCUT2D eigenvalue weighted by atomic mass is 32.2. The van der Waals surface area contributed by atoms with Crippen molar-refractivity contribution in [3.05, 3.63) is 58.7 Å². The summed E-state index contributed by atoms with van der Waals surface area (Å²) in [6.07, 6.45) is 7.33. The maximum absolute atomic E-state index is 12.2. The van der Waals surface area contributed by atoms with E-state index >= 15 is 0 Å². The number of benzene rings is 2. The van der Waals surface area contributed by atoms with Crippen molar-refractivity contribution in [2.45, 2.75) is 85.3 Å². The van der Waals surface area contributed by atoms with Crippen LogP contribution in [0.25, 0.3) is 0 Å². The van der Waals surface area contributed by atoms with Crippen LogP contribution >= 0.6 is 0 Å². The summed E-state index contributed by atoms with van der Waals surface area (Å²) >= 11 is 0. The van der Waals surface area contributed by atoms with Crippen LogP contribution in [0.4, 0.5) is 0 Å². The molecule has 0 saturated heterocycles. The third-order valence-corrected chi connectivity index (χ3v) is 9.15. The first-order chi connectivity index (χ1) is 21.7. The van der Waals surface area contributed by atoms with Crippen molar-refractivity contribution in [1.82, 2.24) is 5.32 Å². The van der Waals surface area contributed by atoms with Gasteiger partial charge in [0.1, 0.15) is 20.2 Å². The maximum Gasteiger partial charge on any atom is 0.336 e. The molecule has 2 aromatic rings. The molecule has 47 heavy (non-hydrogen) atoms. The number of carbonyl (C=O) groups excluding carboxylic acids is 1. The van der Waals surface area contributed by atoms with Gasteiger partial charge in [-0.05, 0) is 87.8 Å². The lowest BCUT2D eigenvalue weighted by Crippen LogP contribution is -2.40. The Kier molecular flexibility index (Phi) is 13.9. The van der Waals surface area contributed by atoms with Crippen molar-refractivity contribution in [3.63, 3.8) is 0 Å². The summed E-state index contributed by atoms with van der Waals surface area (Å²) in [5, 5.41) is 28.7. The van der Waals surface area contributed by atoms with Crippen molar-refractivity contribution >= 4 is 44.1 Å². The van der Waals surface area contributed by atoms with E-state index in [1.54, 1.807) is 0 Å². The van der Waals surface area contributed by atoms with Crippen LogP contribution in [0.2, 0.25) is 0 Å². The van der Waals surface area contributed by atoms with Gasteiger partial charge in [-0.25, -0.2) is 31.2 Å². The van der Waals surface area contributed by atoms with E-state index in [0.29, 0.717) is 37.1 Å². The van der Waals surface area contributed by atoms with Crippen molar-refractivity contribution in [3.8, 4) is 0 Å². The van der Waals surface area contributed by atoms with Crippen molar-refractivity contribution in [2.75, 3.05) is 0 Å². The SMILES string of the molecule is NC1CCC(N)CC1.NC1CCC(NC(=O)c2ccc(C(=O)O)cc2S(=O)(=O)[O-])CC1.O=C(O)c1ccc(C(=O)O)c(S(=O)(=O)[O-])c1. The molecule has 0 aromatic heterocycles. The third-order valence-electron chi connectivity index (χ3n) is 7.39. The van der Waals surface area contributed by atoms with Crippen LogP contribution in [0.15, 0.2) is 46.2 Å². The summed E-state index contributed by atoms with van der Waals surface area (Å²) < 4.78 is 66.1. The molecule has 0 spiro atoms. The Morgan fingerprint density at radius 1 is 0.596 bits per heavy atom. The van der Waals surface area contributed by atoms with Gasteiger partial charge in [0.05, 0.1) is 32.0 Å². The molecule has 0 bridgehead atoms. The largest absolute Gasteiger partial charge is 0.744 e. The second-order valence-electron chi connectivity index (χ2n) is 11.0. The second kappa shape index (κ2) is 16.7. The molecule has 17 nitrogen and oxygen atoms in total. The highest BCUT2D eigenvalue weighted by molar-refractivity contribution is 7.86. The molecular weight excluding hydrogens is 664 g/mol. The van der Waals surface area contributed by atoms with Crippen LogP contribution in [0, 0.1) is 0 Å². The van der Waals surface area contributed by atoms with E-state index in [9.17, 15) is 45.1 Å². The van der Waals surface area contributed by atoms with Gasteiger partial charge < -0.3 is 46.9 Å². The number of rotatable bonds is 7. The molecule has 1 amide bonds. The zero-order chi connectivity index (χ0) is 35.7. The number of nitrogens with one attached hydrogen (secondary N) is 1. The van der Waals surface area contributed by atoms with Gasteiger partial charge in [0.25, 0.3) is 5.91 Å². The lowest BCUT2D eigenvalue weighted by Gasteiger charge is -2.27. The minimum atomic E-state index is -5.03. The Bertz CT molecular complexity index is 1670. The number of hydrogen-bond acceptors (Lipinski definition) is 13. The molecule has 2 fully saturated rings. The summed E-state index contributed by atoms with van der Waals surface area (Å²) in [5.74, 6) is -5.17. The normalized spacial score (nSPS) is 21.1. The van der Waals surface area contributed by atoms with Crippen molar-refractivity contribution < 1.29 is 60.4 Å². The fourth-order valence-electron chi connectivity index (χ4n) is 4.76. The monoisotopic (exact) mass is 700 g/mol. The van der Waals surface area contributed by atoms with Crippen LogP contribution in [0.1, 0.15) is 92.8 Å². The zero-order valence-electron chi connectivity index (χ0n) is 24.9. The molecule has 2 aliphatic carbocycles. The summed E-state index contributed by atoms with van der Waals surface area (Å²) in [5.41, 5.74) is 15.1. The number of carbonyl (C=O) groups is 4. The van der Waals surface area contributed by atoms with E-state index in [-0.39, 0.29) is 23.2 Å². The number of amides is 1. The lowest BCUT2D eigenvalue weighted by atomic mass is 9.91. The van der Waals surface area contributed by atoms with Gasteiger partial charge in [-0.1, -0.05) is 0 Å². The summed E-state index contributed by atoms with van der Waals surface area (Å²) in [6.45, 7) is 0. The Labute approximate surface area is 270 Å². The zero-order valence-corrected chi connectivity index (χ0v) is 26.5. The van der Waals surface area contributed by atoms with Crippen LogP contribution < -0.4 is 22.5 Å². The minimum absolute atomic E-state index is 0.0931. The molecule has 260 valence electrons. The van der Waals surface area contributed by atoms with Gasteiger partial charge in [0.15, 0.2) is 0 Å². The summed E-state index contributed by atoms with van der Waals surface area (Å²) in [4.78, 5) is 42.4. The average molecular weight is 701 g/mol. The minimum Gasteiger partial charge on any atom is -0.744 e. The second-order valence-corrected chi connectivity index (χ2v) is 13.7. The Morgan fingerprint density at radius 2 is 0.936 bits per heavy atom. The van der Waals surface area contributed by atoms with E-state index in [4.69, 9.17) is 32.5 Å². The number of nitrogens with two attached hydrogens (primary N) is 3. The standard InChI is InChI=1S/C14H18N2O6S.C8H6O7S.C6H14N2/c15-9-2-4-10(5-3-9)16-13(17)11-6-1-8(14(18)19)7-12(11)23(20,21)22;9-7(10)4-1-2-5(8(11)12)6(3-4)16(13,14)15;7-5-1-2-6(8)4-3-5/h1,6-7,9-10H,2-5,15H2,(H,16,17)(H,18,19)(H,20,21,22);1-3H,(H,9,10)(H,11,12)(H,13,14,15);5-6H,1-4,7-8H2/p-2. The van der Waals surface area contributed by atoms with Gasteiger partial charge in [-0.2, -0.15) is 0 Å². The number of carboxylic acid groups (broad SMARTS) is 3. The Hall–Kier alpha value is -3.98. The highest BCUT2D eigenvalue weighted by Gasteiger charge is 2.24. The van der Waals surface area contributed by atoms with Crippen LogP contribution in [-0.2, 0) is 20.2 Å². The fraction of sp³-hybridized carbons (Fsp3) is 0.429. The summed E-state index contributed by atoms with van der Waals surface area (Å²) in [7, 11) is -10.0. The molecule has 19 heteroatoms. The van der Waals surface area contributed by atoms with Gasteiger partial charge in [-0.15, -0.1) is 0 Å². The van der Waals surface area contributed by atoms with Crippen molar-refractivity contribution in [1.29, 1.82) is 0 Å². The molecule has 0 radical (unpaired) electrons. The van der Waals surface area contributed by atoms with E-state index in [1.165, 1.54) is 0 Å². The average Bonchev–Trinajstić information content (AvgIpc) is 2.99. The molecule has 4 rings (SSSR count).